The molecular weight excluding hydrogens is 290 g/mol. The lowest BCUT2D eigenvalue weighted by Gasteiger charge is -2.36. The standard InChI is InChI=1S/C19H25NO3/c21-17-10-8-15(9-11-17)19(23)20-12-4-7-16(13-20)18(22)14-5-2-1-3-6-14/h1-3,5-6,15-17,21H,4,7-13H2. The van der Waals surface area contributed by atoms with Gasteiger partial charge in [0, 0.05) is 30.5 Å². The maximum absolute atomic E-state index is 12.7. The van der Waals surface area contributed by atoms with Gasteiger partial charge in [-0.25, -0.2) is 0 Å². The van der Waals surface area contributed by atoms with E-state index in [4.69, 9.17) is 0 Å². The van der Waals surface area contributed by atoms with E-state index in [9.17, 15) is 14.7 Å². The van der Waals surface area contributed by atoms with Crippen LogP contribution < -0.4 is 0 Å². The Morgan fingerprint density at radius 1 is 0.957 bits per heavy atom. The van der Waals surface area contributed by atoms with E-state index in [2.05, 4.69) is 0 Å². The smallest absolute Gasteiger partial charge is 0.225 e. The minimum absolute atomic E-state index is 0.0315. The van der Waals surface area contributed by atoms with Crippen LogP contribution in [0, 0.1) is 11.8 Å². The molecule has 124 valence electrons. The molecule has 0 spiro atoms. The summed E-state index contributed by atoms with van der Waals surface area (Å²) in [5, 5.41) is 9.59. The second kappa shape index (κ2) is 7.26. The summed E-state index contributed by atoms with van der Waals surface area (Å²) in [6.45, 7) is 1.31. The number of piperidine rings is 1. The highest BCUT2D eigenvalue weighted by Gasteiger charge is 2.33. The molecule has 23 heavy (non-hydrogen) atoms. The van der Waals surface area contributed by atoms with E-state index in [1.54, 1.807) is 0 Å². The van der Waals surface area contributed by atoms with Crippen molar-refractivity contribution in [3.8, 4) is 0 Å². The van der Waals surface area contributed by atoms with Crippen molar-refractivity contribution in [1.29, 1.82) is 0 Å². The van der Waals surface area contributed by atoms with Gasteiger partial charge in [-0.1, -0.05) is 30.3 Å². The number of amides is 1. The first kappa shape index (κ1) is 16.2. The highest BCUT2D eigenvalue weighted by atomic mass is 16.3. The van der Waals surface area contributed by atoms with Crippen LogP contribution in [0.5, 0.6) is 0 Å². The van der Waals surface area contributed by atoms with E-state index >= 15 is 0 Å². The Hall–Kier alpha value is -1.68. The van der Waals surface area contributed by atoms with Gasteiger partial charge in [-0.05, 0) is 38.5 Å². The van der Waals surface area contributed by atoms with Crippen molar-refractivity contribution in [3.63, 3.8) is 0 Å². The van der Waals surface area contributed by atoms with Gasteiger partial charge in [-0.3, -0.25) is 9.59 Å². The number of rotatable bonds is 3. The van der Waals surface area contributed by atoms with Crippen molar-refractivity contribution in [3.05, 3.63) is 35.9 Å². The summed E-state index contributed by atoms with van der Waals surface area (Å²) in [6, 6.07) is 9.38. The summed E-state index contributed by atoms with van der Waals surface area (Å²) < 4.78 is 0. The largest absolute Gasteiger partial charge is 0.393 e. The van der Waals surface area contributed by atoms with Gasteiger partial charge >= 0.3 is 0 Å². The summed E-state index contributed by atoms with van der Waals surface area (Å²) in [5.41, 5.74) is 0.743. The average molecular weight is 315 g/mol. The number of carbonyl (C=O) groups excluding carboxylic acids is 2. The predicted molar refractivity (Wildman–Crippen MR) is 88.0 cm³/mol. The van der Waals surface area contributed by atoms with Crippen LogP contribution in [-0.2, 0) is 4.79 Å². The molecule has 1 saturated heterocycles. The molecule has 1 heterocycles. The van der Waals surface area contributed by atoms with E-state index in [0.29, 0.717) is 6.54 Å². The van der Waals surface area contributed by atoms with Crippen LogP contribution in [0.1, 0.15) is 48.9 Å². The molecule has 0 bridgehead atoms. The molecule has 4 nitrogen and oxygen atoms in total. The molecule has 1 amide bonds. The van der Waals surface area contributed by atoms with Crippen LogP contribution >= 0.6 is 0 Å². The summed E-state index contributed by atoms with van der Waals surface area (Å²) in [5.74, 6) is 0.290. The fourth-order valence-electron chi connectivity index (χ4n) is 3.81. The Balaban J connectivity index is 1.62. The summed E-state index contributed by atoms with van der Waals surface area (Å²) in [4.78, 5) is 27.2. The molecule has 0 aromatic heterocycles. The monoisotopic (exact) mass is 315 g/mol. The molecule has 1 atom stereocenters. The molecule has 1 aromatic rings. The van der Waals surface area contributed by atoms with Gasteiger partial charge in [-0.15, -0.1) is 0 Å². The maximum Gasteiger partial charge on any atom is 0.225 e. The number of aliphatic hydroxyl groups is 1. The van der Waals surface area contributed by atoms with Crippen molar-refractivity contribution in [2.45, 2.75) is 44.6 Å². The maximum atomic E-state index is 12.7. The third-order valence-corrected chi connectivity index (χ3v) is 5.21. The fraction of sp³-hybridized carbons (Fsp3) is 0.579. The van der Waals surface area contributed by atoms with E-state index in [-0.39, 0.29) is 29.6 Å². The Kier molecular flexibility index (Phi) is 5.11. The van der Waals surface area contributed by atoms with E-state index < -0.39 is 0 Å². The number of Topliss-reactive ketones (excluding diaryl/α,β-unsaturated/α-hetero) is 1. The lowest BCUT2D eigenvalue weighted by molar-refractivity contribution is -0.138. The molecule has 1 aliphatic heterocycles. The van der Waals surface area contributed by atoms with Gasteiger partial charge in [0.05, 0.1) is 6.10 Å². The van der Waals surface area contributed by atoms with Crippen LogP contribution in [0.15, 0.2) is 30.3 Å². The van der Waals surface area contributed by atoms with Gasteiger partial charge < -0.3 is 10.0 Å². The number of hydrogen-bond donors (Lipinski definition) is 1. The molecule has 0 radical (unpaired) electrons. The van der Waals surface area contributed by atoms with E-state index in [0.717, 1.165) is 50.6 Å². The van der Waals surface area contributed by atoms with Crippen molar-refractivity contribution in [2.75, 3.05) is 13.1 Å². The van der Waals surface area contributed by atoms with Crippen LogP contribution in [0.25, 0.3) is 0 Å². The molecule has 2 aliphatic rings. The minimum atomic E-state index is -0.243. The Morgan fingerprint density at radius 3 is 2.35 bits per heavy atom. The first-order valence-corrected chi connectivity index (χ1v) is 8.71. The Morgan fingerprint density at radius 2 is 1.65 bits per heavy atom. The van der Waals surface area contributed by atoms with E-state index in [1.165, 1.54) is 0 Å². The molecule has 2 fully saturated rings. The highest BCUT2D eigenvalue weighted by molar-refractivity contribution is 5.98. The molecule has 1 saturated carbocycles. The minimum Gasteiger partial charge on any atom is -0.393 e. The van der Waals surface area contributed by atoms with Crippen LogP contribution in [-0.4, -0.2) is 40.9 Å². The lowest BCUT2D eigenvalue weighted by atomic mass is 9.85. The molecule has 1 unspecified atom stereocenters. The third-order valence-electron chi connectivity index (χ3n) is 5.21. The summed E-state index contributed by atoms with van der Waals surface area (Å²) in [6.07, 6.45) is 4.49. The van der Waals surface area contributed by atoms with Gasteiger partial charge in [0.25, 0.3) is 0 Å². The molecule has 3 rings (SSSR count). The van der Waals surface area contributed by atoms with Gasteiger partial charge in [0.15, 0.2) is 5.78 Å². The number of benzene rings is 1. The SMILES string of the molecule is O=C(c1ccccc1)C1CCCN(C(=O)C2CCC(O)CC2)C1. The zero-order valence-electron chi connectivity index (χ0n) is 13.5. The van der Waals surface area contributed by atoms with Gasteiger partial charge in [0.1, 0.15) is 0 Å². The molecule has 1 aromatic carbocycles. The predicted octanol–water partition coefficient (Wildman–Crippen LogP) is 2.66. The number of aliphatic hydroxyl groups excluding tert-OH is 1. The second-order valence-corrected chi connectivity index (χ2v) is 6.86. The first-order valence-electron chi connectivity index (χ1n) is 8.71. The zero-order valence-corrected chi connectivity index (χ0v) is 13.5. The Bertz CT molecular complexity index is 549. The van der Waals surface area contributed by atoms with Crippen LogP contribution in [0.4, 0.5) is 0 Å². The van der Waals surface area contributed by atoms with Crippen LogP contribution in [0.2, 0.25) is 0 Å². The Labute approximate surface area is 137 Å². The van der Waals surface area contributed by atoms with Crippen molar-refractivity contribution < 1.29 is 14.7 Å². The quantitative estimate of drug-likeness (QED) is 0.873. The zero-order chi connectivity index (χ0) is 16.2. The van der Waals surface area contributed by atoms with Crippen LogP contribution in [0.3, 0.4) is 0 Å². The third kappa shape index (κ3) is 3.81. The molecule has 4 heteroatoms. The number of likely N-dealkylation sites (tertiary alicyclic amines) is 1. The first-order chi connectivity index (χ1) is 11.1. The number of ketones is 1. The number of hydrogen-bond acceptors (Lipinski definition) is 3. The average Bonchev–Trinajstić information content (AvgIpc) is 2.62. The second-order valence-electron chi connectivity index (χ2n) is 6.86. The summed E-state index contributed by atoms with van der Waals surface area (Å²) in [7, 11) is 0. The molecule has 1 N–H and O–H groups in total. The highest BCUT2D eigenvalue weighted by Crippen LogP contribution is 2.28. The number of carbonyl (C=O) groups is 2. The molecular formula is C19H25NO3. The van der Waals surface area contributed by atoms with Gasteiger partial charge in [-0.2, -0.15) is 0 Å². The fourth-order valence-corrected chi connectivity index (χ4v) is 3.81. The van der Waals surface area contributed by atoms with Crippen molar-refractivity contribution in [2.24, 2.45) is 11.8 Å². The van der Waals surface area contributed by atoms with Gasteiger partial charge in [0.2, 0.25) is 5.91 Å². The topological polar surface area (TPSA) is 57.6 Å². The number of nitrogens with zero attached hydrogens (tertiary/aromatic N) is 1. The summed E-state index contributed by atoms with van der Waals surface area (Å²) >= 11 is 0. The van der Waals surface area contributed by atoms with E-state index in [1.807, 2.05) is 35.2 Å². The van der Waals surface area contributed by atoms with Crippen molar-refractivity contribution in [1.82, 2.24) is 4.90 Å². The lowest BCUT2D eigenvalue weighted by Crippen LogP contribution is -2.45. The van der Waals surface area contributed by atoms with Crippen molar-refractivity contribution >= 4 is 11.7 Å². The molecule has 1 aliphatic carbocycles. The normalized spacial score (nSPS) is 28.4.